The third-order valence-corrected chi connectivity index (χ3v) is 4.84. The number of benzene rings is 1. The molecule has 20 heavy (non-hydrogen) atoms. The van der Waals surface area contributed by atoms with E-state index in [1.807, 2.05) is 0 Å². The Kier molecular flexibility index (Phi) is 4.39. The van der Waals surface area contributed by atoms with Crippen molar-refractivity contribution in [3.63, 3.8) is 0 Å². The van der Waals surface area contributed by atoms with Gasteiger partial charge in [-0.25, -0.2) is 0 Å². The topological polar surface area (TPSA) is 24.5 Å². The van der Waals surface area contributed by atoms with E-state index in [-0.39, 0.29) is 0 Å². The minimum atomic E-state index is 0.702. The Hall–Kier alpha value is -0.900. The van der Waals surface area contributed by atoms with Crippen molar-refractivity contribution in [2.45, 2.75) is 57.0 Å². The van der Waals surface area contributed by atoms with Gasteiger partial charge in [-0.05, 0) is 43.9 Å². The first-order valence-corrected chi connectivity index (χ1v) is 7.77. The Balaban J connectivity index is 1.56. The summed E-state index contributed by atoms with van der Waals surface area (Å²) in [5, 5.41) is 3.72. The van der Waals surface area contributed by atoms with Crippen molar-refractivity contribution in [2.24, 2.45) is 0 Å². The lowest BCUT2D eigenvalue weighted by atomic mass is 9.98. The van der Waals surface area contributed by atoms with E-state index < -0.39 is 0 Å². The van der Waals surface area contributed by atoms with Crippen molar-refractivity contribution in [1.82, 2.24) is 10.2 Å². The van der Waals surface area contributed by atoms with Crippen LogP contribution in [0.2, 0.25) is 0 Å². The summed E-state index contributed by atoms with van der Waals surface area (Å²) in [6.07, 6.45) is 5.38. The zero-order valence-corrected chi connectivity index (χ0v) is 12.6. The van der Waals surface area contributed by atoms with Crippen molar-refractivity contribution < 1.29 is 4.74 Å². The molecule has 2 saturated heterocycles. The highest BCUT2D eigenvalue weighted by Gasteiger charge is 2.34. The van der Waals surface area contributed by atoms with Crippen LogP contribution in [0.5, 0.6) is 0 Å². The second kappa shape index (κ2) is 6.25. The van der Waals surface area contributed by atoms with Crippen molar-refractivity contribution in [1.29, 1.82) is 0 Å². The van der Waals surface area contributed by atoms with E-state index in [1.54, 1.807) is 7.11 Å². The fourth-order valence-corrected chi connectivity index (χ4v) is 3.71. The fraction of sp³-hybridized carbons (Fsp3) is 0.647. The van der Waals surface area contributed by atoms with E-state index in [1.165, 1.54) is 36.8 Å². The SMILES string of the molecule is COCc1ccc(CN(C)C2CC3CCC(C2)N3)cc1. The Morgan fingerprint density at radius 2 is 1.70 bits per heavy atom. The molecule has 2 bridgehead atoms. The first kappa shape index (κ1) is 14.1. The number of nitrogens with one attached hydrogen (secondary N) is 1. The predicted octanol–water partition coefficient (Wildman–Crippen LogP) is 2.55. The Labute approximate surface area is 122 Å². The fourth-order valence-electron chi connectivity index (χ4n) is 3.71. The van der Waals surface area contributed by atoms with E-state index in [0.29, 0.717) is 6.61 Å². The molecule has 0 aromatic heterocycles. The van der Waals surface area contributed by atoms with Crippen LogP contribution in [-0.2, 0) is 17.9 Å². The summed E-state index contributed by atoms with van der Waals surface area (Å²) in [6.45, 7) is 1.76. The lowest BCUT2D eigenvalue weighted by Crippen LogP contribution is -2.46. The minimum Gasteiger partial charge on any atom is -0.380 e. The van der Waals surface area contributed by atoms with Crippen molar-refractivity contribution in [3.05, 3.63) is 35.4 Å². The molecule has 0 radical (unpaired) electrons. The van der Waals surface area contributed by atoms with E-state index in [0.717, 1.165) is 24.7 Å². The summed E-state index contributed by atoms with van der Waals surface area (Å²) in [4.78, 5) is 2.54. The lowest BCUT2D eigenvalue weighted by molar-refractivity contribution is 0.166. The van der Waals surface area contributed by atoms with Gasteiger partial charge in [-0.1, -0.05) is 24.3 Å². The molecule has 2 atom stereocenters. The molecule has 0 aliphatic carbocycles. The zero-order valence-electron chi connectivity index (χ0n) is 12.6. The number of methoxy groups -OCH3 is 1. The van der Waals surface area contributed by atoms with E-state index in [4.69, 9.17) is 4.74 Å². The van der Waals surface area contributed by atoms with Crippen LogP contribution < -0.4 is 5.32 Å². The summed E-state index contributed by atoms with van der Waals surface area (Å²) in [6, 6.07) is 11.1. The summed E-state index contributed by atoms with van der Waals surface area (Å²) >= 11 is 0. The number of rotatable bonds is 5. The van der Waals surface area contributed by atoms with Gasteiger partial charge in [0.15, 0.2) is 0 Å². The first-order valence-electron chi connectivity index (χ1n) is 7.77. The highest BCUT2D eigenvalue weighted by Crippen LogP contribution is 2.29. The predicted molar refractivity (Wildman–Crippen MR) is 81.6 cm³/mol. The van der Waals surface area contributed by atoms with Gasteiger partial charge in [0.1, 0.15) is 0 Å². The molecule has 2 aliphatic rings. The highest BCUT2D eigenvalue weighted by atomic mass is 16.5. The number of ether oxygens (including phenoxy) is 1. The standard InChI is InChI=1S/C17H26N2O/c1-19(17-9-15-7-8-16(10-17)18-15)11-13-3-5-14(6-4-13)12-20-2/h3-6,15-18H,7-12H2,1-2H3. The van der Waals surface area contributed by atoms with Crippen molar-refractivity contribution in [2.75, 3.05) is 14.2 Å². The maximum absolute atomic E-state index is 5.16. The van der Waals surface area contributed by atoms with Gasteiger partial charge in [0.2, 0.25) is 0 Å². The molecule has 2 unspecified atom stereocenters. The average molecular weight is 274 g/mol. The Bertz CT molecular complexity index is 419. The van der Waals surface area contributed by atoms with Crippen LogP contribution in [0, 0.1) is 0 Å². The molecule has 2 heterocycles. The van der Waals surface area contributed by atoms with Gasteiger partial charge in [-0.3, -0.25) is 4.90 Å². The van der Waals surface area contributed by atoms with Gasteiger partial charge in [-0.2, -0.15) is 0 Å². The van der Waals surface area contributed by atoms with Crippen LogP contribution in [0.15, 0.2) is 24.3 Å². The number of piperidine rings is 1. The monoisotopic (exact) mass is 274 g/mol. The van der Waals surface area contributed by atoms with Gasteiger partial charge >= 0.3 is 0 Å². The van der Waals surface area contributed by atoms with Crippen molar-refractivity contribution in [3.8, 4) is 0 Å². The zero-order chi connectivity index (χ0) is 13.9. The second-order valence-electron chi connectivity index (χ2n) is 6.43. The van der Waals surface area contributed by atoms with E-state index >= 15 is 0 Å². The number of hydrogen-bond donors (Lipinski definition) is 1. The van der Waals surface area contributed by atoms with Gasteiger partial charge in [0, 0.05) is 31.8 Å². The van der Waals surface area contributed by atoms with Gasteiger partial charge in [0.25, 0.3) is 0 Å². The highest BCUT2D eigenvalue weighted by molar-refractivity contribution is 5.22. The maximum atomic E-state index is 5.16. The van der Waals surface area contributed by atoms with Crippen LogP contribution in [-0.4, -0.2) is 37.2 Å². The summed E-state index contributed by atoms with van der Waals surface area (Å²) in [5.74, 6) is 0. The molecular formula is C17H26N2O. The van der Waals surface area contributed by atoms with E-state index in [9.17, 15) is 0 Å². The molecule has 3 rings (SSSR count). The molecule has 0 spiro atoms. The van der Waals surface area contributed by atoms with Crippen LogP contribution in [0.4, 0.5) is 0 Å². The van der Waals surface area contributed by atoms with Crippen LogP contribution >= 0.6 is 0 Å². The molecule has 3 nitrogen and oxygen atoms in total. The summed E-state index contributed by atoms with van der Waals surface area (Å²) < 4.78 is 5.16. The van der Waals surface area contributed by atoms with Crippen LogP contribution in [0.3, 0.4) is 0 Å². The number of hydrogen-bond acceptors (Lipinski definition) is 3. The molecule has 1 N–H and O–H groups in total. The van der Waals surface area contributed by atoms with Crippen molar-refractivity contribution >= 4 is 0 Å². The molecule has 1 aromatic rings. The summed E-state index contributed by atoms with van der Waals surface area (Å²) in [5.41, 5.74) is 2.65. The van der Waals surface area contributed by atoms with Crippen LogP contribution in [0.25, 0.3) is 0 Å². The third-order valence-electron chi connectivity index (χ3n) is 4.84. The first-order chi connectivity index (χ1) is 9.74. The summed E-state index contributed by atoms with van der Waals surface area (Å²) in [7, 11) is 4.02. The third kappa shape index (κ3) is 3.22. The largest absolute Gasteiger partial charge is 0.380 e. The van der Waals surface area contributed by atoms with Gasteiger partial charge in [0.05, 0.1) is 6.61 Å². The number of fused-ring (bicyclic) bond motifs is 2. The molecule has 0 saturated carbocycles. The normalized spacial score (nSPS) is 29.1. The van der Waals surface area contributed by atoms with E-state index in [2.05, 4.69) is 41.5 Å². The van der Waals surface area contributed by atoms with Gasteiger partial charge < -0.3 is 10.1 Å². The molecule has 110 valence electrons. The molecule has 2 aliphatic heterocycles. The molecular weight excluding hydrogens is 248 g/mol. The van der Waals surface area contributed by atoms with Gasteiger partial charge in [-0.15, -0.1) is 0 Å². The average Bonchev–Trinajstić information content (AvgIpc) is 2.80. The van der Waals surface area contributed by atoms with Crippen LogP contribution in [0.1, 0.15) is 36.8 Å². The minimum absolute atomic E-state index is 0.702. The smallest absolute Gasteiger partial charge is 0.0713 e. The molecule has 2 fully saturated rings. The second-order valence-corrected chi connectivity index (χ2v) is 6.43. The molecule has 3 heteroatoms. The quantitative estimate of drug-likeness (QED) is 0.893. The Morgan fingerprint density at radius 3 is 2.30 bits per heavy atom. The molecule has 0 amide bonds. The number of nitrogens with zero attached hydrogens (tertiary/aromatic N) is 1. The maximum Gasteiger partial charge on any atom is 0.0713 e. The Morgan fingerprint density at radius 1 is 1.10 bits per heavy atom. The lowest BCUT2D eigenvalue weighted by Gasteiger charge is -2.35. The molecule has 1 aromatic carbocycles.